The monoisotopic (exact) mass is 386 g/mol. The third kappa shape index (κ3) is 4.87. The van der Waals surface area contributed by atoms with Crippen molar-refractivity contribution in [2.24, 2.45) is 0 Å². The molecule has 2 rings (SSSR count). The standard InChI is InChI=1S/C18H18N4O6/c1-4-28-16-7-12(20-11(3)23)5-6-14(16)17(24)21-18(25)15-8-13(22(26)27)9-19-10(15)2/h5-9H,4H2,1-3H3,(H,20,23)(H,21,24,25). The molecule has 10 heteroatoms. The molecule has 1 aromatic heterocycles. The van der Waals surface area contributed by atoms with E-state index in [1.807, 2.05) is 0 Å². The van der Waals surface area contributed by atoms with Gasteiger partial charge in [-0.25, -0.2) is 0 Å². The minimum absolute atomic E-state index is 0.0698. The van der Waals surface area contributed by atoms with Gasteiger partial charge in [0.1, 0.15) is 11.9 Å². The maximum Gasteiger partial charge on any atom is 0.288 e. The fraction of sp³-hybridized carbons (Fsp3) is 0.222. The van der Waals surface area contributed by atoms with Crippen LogP contribution in [-0.4, -0.2) is 34.2 Å². The molecule has 2 aromatic rings. The van der Waals surface area contributed by atoms with Gasteiger partial charge in [-0.2, -0.15) is 0 Å². The van der Waals surface area contributed by atoms with Crippen molar-refractivity contribution in [3.05, 3.63) is 57.4 Å². The van der Waals surface area contributed by atoms with Crippen LogP contribution in [0.15, 0.2) is 30.5 Å². The van der Waals surface area contributed by atoms with Crippen molar-refractivity contribution in [2.45, 2.75) is 20.8 Å². The lowest BCUT2D eigenvalue weighted by Crippen LogP contribution is -2.31. The Balaban J connectivity index is 2.29. The second-order valence-corrected chi connectivity index (χ2v) is 5.69. The summed E-state index contributed by atoms with van der Waals surface area (Å²) >= 11 is 0. The Morgan fingerprint density at radius 2 is 1.86 bits per heavy atom. The largest absolute Gasteiger partial charge is 0.493 e. The molecule has 0 saturated carbocycles. The van der Waals surface area contributed by atoms with Crippen molar-refractivity contribution in [3.8, 4) is 5.75 Å². The number of aromatic nitrogens is 1. The maximum absolute atomic E-state index is 12.5. The first-order chi connectivity index (χ1) is 13.2. The van der Waals surface area contributed by atoms with Crippen LogP contribution in [0.1, 0.15) is 40.3 Å². The minimum atomic E-state index is -0.827. The highest BCUT2D eigenvalue weighted by Gasteiger charge is 2.21. The van der Waals surface area contributed by atoms with Gasteiger partial charge >= 0.3 is 0 Å². The molecule has 0 radical (unpaired) electrons. The highest BCUT2D eigenvalue weighted by Crippen LogP contribution is 2.24. The fourth-order valence-corrected chi connectivity index (χ4v) is 2.36. The van der Waals surface area contributed by atoms with Gasteiger partial charge in [-0.1, -0.05) is 0 Å². The summed E-state index contributed by atoms with van der Waals surface area (Å²) in [5.41, 5.74) is 0.285. The molecular weight excluding hydrogens is 368 g/mol. The van der Waals surface area contributed by atoms with Crippen LogP contribution >= 0.6 is 0 Å². The van der Waals surface area contributed by atoms with Crippen LogP contribution in [0.4, 0.5) is 11.4 Å². The number of nitro groups is 1. The molecule has 1 heterocycles. The molecule has 3 amide bonds. The second kappa shape index (κ2) is 8.71. The van der Waals surface area contributed by atoms with E-state index in [0.717, 1.165) is 12.3 Å². The molecule has 0 saturated heterocycles. The first-order valence-corrected chi connectivity index (χ1v) is 8.24. The molecule has 0 spiro atoms. The van der Waals surface area contributed by atoms with E-state index in [1.54, 1.807) is 6.92 Å². The molecule has 146 valence electrons. The summed E-state index contributed by atoms with van der Waals surface area (Å²) in [6.45, 7) is 4.81. The van der Waals surface area contributed by atoms with Crippen molar-refractivity contribution in [1.82, 2.24) is 10.3 Å². The summed E-state index contributed by atoms with van der Waals surface area (Å²) in [6.07, 6.45) is 1.03. The van der Waals surface area contributed by atoms with Gasteiger partial charge in [0.05, 0.1) is 28.4 Å². The lowest BCUT2D eigenvalue weighted by molar-refractivity contribution is -0.385. The summed E-state index contributed by atoms with van der Waals surface area (Å²) < 4.78 is 5.42. The number of carbonyl (C=O) groups excluding carboxylic acids is 3. The van der Waals surface area contributed by atoms with Gasteiger partial charge in [-0.05, 0) is 26.0 Å². The van der Waals surface area contributed by atoms with E-state index < -0.39 is 16.7 Å². The third-order valence-corrected chi connectivity index (χ3v) is 3.60. The van der Waals surface area contributed by atoms with Crippen molar-refractivity contribution in [2.75, 3.05) is 11.9 Å². The van der Waals surface area contributed by atoms with Crippen LogP contribution in [0.2, 0.25) is 0 Å². The van der Waals surface area contributed by atoms with E-state index in [0.29, 0.717) is 5.69 Å². The molecule has 0 aliphatic rings. The number of pyridine rings is 1. The number of anilines is 1. The maximum atomic E-state index is 12.5. The number of rotatable bonds is 6. The topological polar surface area (TPSA) is 141 Å². The Bertz CT molecular complexity index is 957. The second-order valence-electron chi connectivity index (χ2n) is 5.69. The van der Waals surface area contributed by atoms with Crippen LogP contribution in [-0.2, 0) is 4.79 Å². The summed E-state index contributed by atoms with van der Waals surface area (Å²) in [5, 5.41) is 15.6. The summed E-state index contributed by atoms with van der Waals surface area (Å²) in [4.78, 5) is 50.1. The van der Waals surface area contributed by atoms with Gasteiger partial charge in [-0.3, -0.25) is 34.8 Å². The van der Waals surface area contributed by atoms with E-state index in [4.69, 9.17) is 4.74 Å². The summed E-state index contributed by atoms with van der Waals surface area (Å²) in [5.74, 6) is -1.70. The first-order valence-electron chi connectivity index (χ1n) is 8.24. The summed E-state index contributed by atoms with van der Waals surface area (Å²) in [7, 11) is 0. The van der Waals surface area contributed by atoms with Gasteiger partial charge < -0.3 is 10.1 Å². The molecule has 2 N–H and O–H groups in total. The van der Waals surface area contributed by atoms with Crippen molar-refractivity contribution < 1.29 is 24.0 Å². The molecule has 0 aliphatic carbocycles. The molecular formula is C18H18N4O6. The number of hydrogen-bond donors (Lipinski definition) is 2. The number of amides is 3. The SMILES string of the molecule is CCOc1cc(NC(C)=O)ccc1C(=O)NC(=O)c1cc([N+](=O)[O-])cnc1C. The lowest BCUT2D eigenvalue weighted by atomic mass is 10.1. The number of ether oxygens (including phenoxy) is 1. The van der Waals surface area contributed by atoms with E-state index in [2.05, 4.69) is 15.6 Å². The molecule has 10 nitrogen and oxygen atoms in total. The van der Waals surface area contributed by atoms with Gasteiger partial charge in [0.15, 0.2) is 0 Å². The predicted octanol–water partition coefficient (Wildman–Crippen LogP) is 2.23. The number of nitrogens with zero attached hydrogens (tertiary/aromatic N) is 2. The number of hydrogen-bond acceptors (Lipinski definition) is 7. The van der Waals surface area contributed by atoms with Crippen molar-refractivity contribution in [3.63, 3.8) is 0 Å². The van der Waals surface area contributed by atoms with Crippen LogP contribution in [0.5, 0.6) is 5.75 Å². The number of nitrogens with one attached hydrogen (secondary N) is 2. The van der Waals surface area contributed by atoms with E-state index >= 15 is 0 Å². The molecule has 0 fully saturated rings. The molecule has 0 unspecified atom stereocenters. The molecule has 1 aromatic carbocycles. The average Bonchev–Trinajstić information content (AvgIpc) is 2.61. The predicted molar refractivity (Wildman–Crippen MR) is 99.3 cm³/mol. The molecule has 0 atom stereocenters. The van der Waals surface area contributed by atoms with E-state index in [9.17, 15) is 24.5 Å². The molecule has 0 aliphatic heterocycles. The Kier molecular flexibility index (Phi) is 6.38. The Hall–Kier alpha value is -3.82. The number of carbonyl (C=O) groups is 3. The van der Waals surface area contributed by atoms with Gasteiger partial charge in [0.2, 0.25) is 5.91 Å². The summed E-state index contributed by atoms with van der Waals surface area (Å²) in [6, 6.07) is 5.40. The molecule has 28 heavy (non-hydrogen) atoms. The van der Waals surface area contributed by atoms with Gasteiger partial charge in [0.25, 0.3) is 17.5 Å². The number of aryl methyl sites for hydroxylation is 1. The van der Waals surface area contributed by atoms with Crippen molar-refractivity contribution >= 4 is 29.1 Å². The Labute approximate surface area is 160 Å². The Morgan fingerprint density at radius 1 is 1.18 bits per heavy atom. The third-order valence-electron chi connectivity index (χ3n) is 3.60. The zero-order valence-corrected chi connectivity index (χ0v) is 15.4. The van der Waals surface area contributed by atoms with E-state index in [1.165, 1.54) is 32.0 Å². The molecule has 0 bridgehead atoms. The highest BCUT2D eigenvalue weighted by molar-refractivity contribution is 6.12. The highest BCUT2D eigenvalue weighted by atomic mass is 16.6. The average molecular weight is 386 g/mol. The first kappa shape index (κ1) is 20.5. The lowest BCUT2D eigenvalue weighted by Gasteiger charge is -2.12. The normalized spacial score (nSPS) is 10.1. The van der Waals surface area contributed by atoms with Crippen LogP contribution in [0.3, 0.4) is 0 Å². The van der Waals surface area contributed by atoms with Crippen LogP contribution in [0, 0.1) is 17.0 Å². The van der Waals surface area contributed by atoms with E-state index in [-0.39, 0.29) is 40.8 Å². The quantitative estimate of drug-likeness (QED) is 0.440. The zero-order valence-electron chi connectivity index (χ0n) is 15.4. The van der Waals surface area contributed by atoms with Gasteiger partial charge in [-0.15, -0.1) is 0 Å². The number of imide groups is 1. The number of benzene rings is 1. The minimum Gasteiger partial charge on any atom is -0.493 e. The smallest absolute Gasteiger partial charge is 0.288 e. The zero-order chi connectivity index (χ0) is 20.8. The fourth-order valence-electron chi connectivity index (χ4n) is 2.36. The Morgan fingerprint density at radius 3 is 2.46 bits per heavy atom. The van der Waals surface area contributed by atoms with Crippen LogP contribution in [0.25, 0.3) is 0 Å². The van der Waals surface area contributed by atoms with Crippen molar-refractivity contribution in [1.29, 1.82) is 0 Å². The van der Waals surface area contributed by atoms with Crippen LogP contribution < -0.4 is 15.4 Å². The van der Waals surface area contributed by atoms with Gasteiger partial charge in [0, 0.05) is 24.7 Å².